The number of anilines is 1. The number of hydrogen-bond donors (Lipinski definition) is 1. The SMILES string of the molecule is C[C@@H]1Cc2c(ccc3[nH]ncc23)[C@H](c2ccc(N3CCC4(CC3)CC(C=O)CO4)nc2)N1CC(F)(F)F. The summed E-state index contributed by atoms with van der Waals surface area (Å²) in [5.74, 6) is 0.785. The van der Waals surface area contributed by atoms with Crippen molar-refractivity contribution in [2.75, 3.05) is 31.1 Å². The monoisotopic (exact) mass is 513 g/mol. The Morgan fingerprint density at radius 1 is 1.19 bits per heavy atom. The van der Waals surface area contributed by atoms with Crippen LogP contribution < -0.4 is 4.90 Å². The average molecular weight is 514 g/mol. The number of benzene rings is 1. The molecule has 0 radical (unpaired) electrons. The summed E-state index contributed by atoms with van der Waals surface area (Å²) in [6.07, 6.45) is 3.11. The fourth-order valence-electron chi connectivity index (χ4n) is 6.45. The molecule has 2 aromatic heterocycles. The minimum absolute atomic E-state index is 0.0207. The highest BCUT2D eigenvalue weighted by molar-refractivity contribution is 5.83. The molecule has 3 atom stereocenters. The highest BCUT2D eigenvalue weighted by Crippen LogP contribution is 2.42. The summed E-state index contributed by atoms with van der Waals surface area (Å²) < 4.78 is 47.0. The number of pyridine rings is 1. The molecule has 3 aliphatic rings. The molecule has 3 aromatic rings. The van der Waals surface area contributed by atoms with Gasteiger partial charge < -0.3 is 14.4 Å². The van der Waals surface area contributed by atoms with Crippen molar-refractivity contribution < 1.29 is 22.7 Å². The fraction of sp³-hybridized carbons (Fsp3) is 0.519. The van der Waals surface area contributed by atoms with Crippen LogP contribution in [0.3, 0.4) is 0 Å². The third-order valence-corrected chi connectivity index (χ3v) is 8.34. The highest BCUT2D eigenvalue weighted by Gasteiger charge is 2.43. The van der Waals surface area contributed by atoms with E-state index >= 15 is 0 Å². The maximum absolute atomic E-state index is 13.7. The summed E-state index contributed by atoms with van der Waals surface area (Å²) in [5.41, 5.74) is 3.31. The van der Waals surface area contributed by atoms with E-state index in [0.29, 0.717) is 13.0 Å². The molecule has 1 N–H and O–H groups in total. The van der Waals surface area contributed by atoms with E-state index in [4.69, 9.17) is 9.72 Å². The first kappa shape index (κ1) is 24.4. The van der Waals surface area contributed by atoms with Crippen LogP contribution in [0.4, 0.5) is 19.0 Å². The minimum atomic E-state index is -4.31. The van der Waals surface area contributed by atoms with Crippen molar-refractivity contribution in [2.45, 2.75) is 56.5 Å². The summed E-state index contributed by atoms with van der Waals surface area (Å²) in [6, 6.07) is 6.77. The molecule has 2 fully saturated rings. The Morgan fingerprint density at radius 3 is 2.68 bits per heavy atom. The van der Waals surface area contributed by atoms with Gasteiger partial charge in [-0.15, -0.1) is 0 Å². The van der Waals surface area contributed by atoms with Gasteiger partial charge in [-0.05, 0) is 61.4 Å². The van der Waals surface area contributed by atoms with Gasteiger partial charge in [-0.1, -0.05) is 12.1 Å². The van der Waals surface area contributed by atoms with Crippen molar-refractivity contribution in [3.63, 3.8) is 0 Å². The van der Waals surface area contributed by atoms with Crippen LogP contribution in [0.1, 0.15) is 48.9 Å². The Hall–Kier alpha value is -2.98. The zero-order valence-corrected chi connectivity index (χ0v) is 20.7. The lowest BCUT2D eigenvalue weighted by atomic mass is 9.84. The number of halogens is 3. The predicted octanol–water partition coefficient (Wildman–Crippen LogP) is 4.43. The highest BCUT2D eigenvalue weighted by atomic mass is 19.4. The molecule has 0 saturated carbocycles. The van der Waals surface area contributed by atoms with Crippen LogP contribution in [0, 0.1) is 5.92 Å². The zero-order valence-electron chi connectivity index (χ0n) is 20.7. The quantitative estimate of drug-likeness (QED) is 0.521. The van der Waals surface area contributed by atoms with Gasteiger partial charge in [-0.3, -0.25) is 10.00 Å². The number of aromatic amines is 1. The molecule has 0 aliphatic carbocycles. The van der Waals surface area contributed by atoms with Gasteiger partial charge in [0.1, 0.15) is 12.1 Å². The van der Waals surface area contributed by atoms with E-state index < -0.39 is 18.8 Å². The van der Waals surface area contributed by atoms with Crippen LogP contribution in [-0.2, 0) is 16.0 Å². The van der Waals surface area contributed by atoms with Crippen molar-refractivity contribution in [3.05, 3.63) is 53.3 Å². The van der Waals surface area contributed by atoms with Gasteiger partial charge in [0, 0.05) is 36.6 Å². The van der Waals surface area contributed by atoms with Crippen LogP contribution in [0.15, 0.2) is 36.7 Å². The van der Waals surface area contributed by atoms with E-state index in [2.05, 4.69) is 15.1 Å². The molecule has 37 heavy (non-hydrogen) atoms. The van der Waals surface area contributed by atoms with Crippen molar-refractivity contribution in [3.8, 4) is 0 Å². The molecule has 0 amide bonds. The molecule has 0 bridgehead atoms. The summed E-state index contributed by atoms with van der Waals surface area (Å²) >= 11 is 0. The molecular formula is C27H30F3N5O2. The molecule has 196 valence electrons. The van der Waals surface area contributed by atoms with Crippen molar-refractivity contribution >= 4 is 23.0 Å². The molecule has 1 aromatic carbocycles. The van der Waals surface area contributed by atoms with Crippen LogP contribution in [0.5, 0.6) is 0 Å². The number of fused-ring (bicyclic) bond motifs is 3. The van der Waals surface area contributed by atoms with Gasteiger partial charge in [0.15, 0.2) is 0 Å². The number of carbonyl (C=O) groups excluding carboxylic acids is 1. The van der Waals surface area contributed by atoms with E-state index in [0.717, 1.165) is 72.0 Å². The van der Waals surface area contributed by atoms with Gasteiger partial charge in [-0.25, -0.2) is 4.98 Å². The molecule has 3 aliphatic heterocycles. The third-order valence-electron chi connectivity index (χ3n) is 8.34. The first-order chi connectivity index (χ1) is 17.8. The number of aldehydes is 1. The van der Waals surface area contributed by atoms with Gasteiger partial charge in [0.25, 0.3) is 0 Å². The van der Waals surface area contributed by atoms with Gasteiger partial charge >= 0.3 is 6.18 Å². The number of aromatic nitrogens is 3. The maximum Gasteiger partial charge on any atom is 0.401 e. The molecule has 10 heteroatoms. The maximum atomic E-state index is 13.7. The van der Waals surface area contributed by atoms with E-state index in [9.17, 15) is 18.0 Å². The molecule has 5 heterocycles. The van der Waals surface area contributed by atoms with E-state index in [-0.39, 0.29) is 17.6 Å². The Bertz CT molecular complexity index is 1280. The largest absolute Gasteiger partial charge is 0.401 e. The summed E-state index contributed by atoms with van der Waals surface area (Å²) in [6.45, 7) is 2.89. The van der Waals surface area contributed by atoms with Crippen LogP contribution in [-0.4, -0.2) is 70.4 Å². The molecule has 1 unspecified atom stereocenters. The lowest BCUT2D eigenvalue weighted by Crippen LogP contribution is -2.47. The van der Waals surface area contributed by atoms with Gasteiger partial charge in [0.05, 0.1) is 36.5 Å². The number of hydrogen-bond acceptors (Lipinski definition) is 6. The van der Waals surface area contributed by atoms with Gasteiger partial charge in [-0.2, -0.15) is 18.3 Å². The number of nitrogens with zero attached hydrogens (tertiary/aromatic N) is 4. The number of nitrogens with one attached hydrogen (secondary N) is 1. The molecular weight excluding hydrogens is 483 g/mol. The van der Waals surface area contributed by atoms with Crippen molar-refractivity contribution in [1.82, 2.24) is 20.1 Å². The zero-order chi connectivity index (χ0) is 25.8. The summed E-state index contributed by atoms with van der Waals surface area (Å²) in [5, 5.41) is 8.07. The summed E-state index contributed by atoms with van der Waals surface area (Å²) in [7, 11) is 0. The number of ether oxygens (including phenoxy) is 1. The van der Waals surface area contributed by atoms with Crippen molar-refractivity contribution in [2.24, 2.45) is 5.92 Å². The lowest BCUT2D eigenvalue weighted by Gasteiger charge is -2.43. The Balaban J connectivity index is 1.28. The van der Waals surface area contributed by atoms with Crippen LogP contribution in [0.25, 0.3) is 10.9 Å². The normalized spacial score (nSPS) is 26.1. The van der Waals surface area contributed by atoms with E-state index in [1.54, 1.807) is 12.4 Å². The standard InChI is InChI=1S/C27H30F3N5O2/c1-17-10-21-20(3-4-23-22(21)13-32-33-23)25(35(17)16-27(28,29)30)19-2-5-24(31-12-19)34-8-6-26(7-9-34)11-18(14-36)15-37-26/h2-5,12-14,17-18,25H,6-11,15-16H2,1H3,(H,32,33)/t17-,18?,25+/m1/s1. The molecule has 6 rings (SSSR count). The smallest absolute Gasteiger partial charge is 0.374 e. The van der Waals surface area contributed by atoms with Crippen molar-refractivity contribution in [1.29, 1.82) is 0 Å². The molecule has 7 nitrogen and oxygen atoms in total. The number of alkyl halides is 3. The second-order valence-corrected chi connectivity index (χ2v) is 10.7. The first-order valence-corrected chi connectivity index (χ1v) is 12.8. The Morgan fingerprint density at radius 2 is 2.00 bits per heavy atom. The number of carbonyl (C=O) groups is 1. The lowest BCUT2D eigenvalue weighted by molar-refractivity contribution is -0.155. The first-order valence-electron chi connectivity index (χ1n) is 12.8. The molecule has 2 saturated heterocycles. The Labute approximate surface area is 213 Å². The van der Waals surface area contributed by atoms with E-state index in [1.807, 2.05) is 31.2 Å². The average Bonchev–Trinajstić information content (AvgIpc) is 3.52. The van der Waals surface area contributed by atoms with Crippen LogP contribution >= 0.6 is 0 Å². The second kappa shape index (κ2) is 9.09. The number of piperidine rings is 1. The number of rotatable bonds is 4. The molecule has 1 spiro atoms. The fourth-order valence-corrected chi connectivity index (χ4v) is 6.45. The number of H-pyrrole nitrogens is 1. The summed E-state index contributed by atoms with van der Waals surface area (Å²) in [4.78, 5) is 19.6. The third kappa shape index (κ3) is 4.50. The Kier molecular flexibility index (Phi) is 5.99. The topological polar surface area (TPSA) is 74.3 Å². The van der Waals surface area contributed by atoms with Crippen LogP contribution in [0.2, 0.25) is 0 Å². The second-order valence-electron chi connectivity index (χ2n) is 10.7. The van der Waals surface area contributed by atoms with E-state index in [1.165, 1.54) is 4.90 Å². The predicted molar refractivity (Wildman–Crippen MR) is 132 cm³/mol. The minimum Gasteiger partial charge on any atom is -0.374 e. The van der Waals surface area contributed by atoms with Gasteiger partial charge in [0.2, 0.25) is 0 Å².